The number of carbonyl (C=O) groups is 2. The molecule has 0 aliphatic carbocycles. The Morgan fingerprint density at radius 3 is 2.43 bits per heavy atom. The molecule has 5 heteroatoms. The molecule has 2 N–H and O–H groups in total. The summed E-state index contributed by atoms with van der Waals surface area (Å²) in [6.45, 7) is 9.55. The van der Waals surface area contributed by atoms with Gasteiger partial charge in [-0.3, -0.25) is 15.0 Å². The number of nitrogens with one attached hydrogen (secondary N) is 2. The molecule has 114 valence electrons. The van der Waals surface area contributed by atoms with Crippen LogP contribution in [0.3, 0.4) is 0 Å². The first-order valence-corrected chi connectivity index (χ1v) is 6.90. The van der Waals surface area contributed by atoms with E-state index in [-0.39, 0.29) is 18.4 Å². The summed E-state index contributed by atoms with van der Waals surface area (Å²) < 4.78 is 5.02. The lowest BCUT2D eigenvalue weighted by atomic mass is 9.96. The molecule has 0 fully saturated rings. The van der Waals surface area contributed by atoms with Crippen molar-refractivity contribution in [2.24, 2.45) is 5.92 Å². The predicted octanol–water partition coefficient (Wildman–Crippen LogP) is 2.06. The maximum Gasteiger partial charge on any atom is 0.325 e. The largest absolute Gasteiger partial charge is 0.465 e. The van der Waals surface area contributed by atoms with Crippen molar-refractivity contribution in [3.05, 3.63) is 48.0 Å². The lowest BCUT2D eigenvalue weighted by molar-refractivity contribution is -0.146. The molecule has 1 amide bonds. The first-order valence-electron chi connectivity index (χ1n) is 6.90. The topological polar surface area (TPSA) is 67.4 Å². The molecule has 0 radical (unpaired) electrons. The van der Waals surface area contributed by atoms with Gasteiger partial charge in [-0.1, -0.05) is 37.3 Å². The number of benzene rings is 1. The zero-order valence-electron chi connectivity index (χ0n) is 12.7. The maximum absolute atomic E-state index is 12.0. The number of esters is 1. The summed E-state index contributed by atoms with van der Waals surface area (Å²) in [5.41, 5.74) is 6.63. The van der Waals surface area contributed by atoms with Crippen molar-refractivity contribution in [3.8, 4) is 0 Å². The average Bonchev–Trinajstić information content (AvgIpc) is 2.48. The van der Waals surface area contributed by atoms with Crippen LogP contribution in [0.2, 0.25) is 0 Å². The highest BCUT2D eigenvalue weighted by Crippen LogP contribution is 2.13. The Morgan fingerprint density at radius 2 is 1.90 bits per heavy atom. The van der Waals surface area contributed by atoms with Gasteiger partial charge >= 0.3 is 5.97 Å². The fraction of sp³-hybridized carbons (Fsp3) is 0.375. The van der Waals surface area contributed by atoms with Gasteiger partial charge in [0.15, 0.2) is 0 Å². The highest BCUT2D eigenvalue weighted by molar-refractivity contribution is 5.94. The van der Waals surface area contributed by atoms with E-state index in [1.807, 2.05) is 19.9 Å². The Bertz CT molecular complexity index is 500. The minimum absolute atomic E-state index is 0.167. The Balaban J connectivity index is 2.71. The van der Waals surface area contributed by atoms with E-state index in [2.05, 4.69) is 17.4 Å². The van der Waals surface area contributed by atoms with Gasteiger partial charge in [0.2, 0.25) is 0 Å². The lowest BCUT2D eigenvalue weighted by Crippen LogP contribution is -2.52. The first kappa shape index (κ1) is 16.9. The summed E-state index contributed by atoms with van der Waals surface area (Å²) in [5, 5.41) is 0. The number of hydrogen-bond donors (Lipinski definition) is 2. The van der Waals surface area contributed by atoms with Crippen molar-refractivity contribution in [1.29, 1.82) is 0 Å². The van der Waals surface area contributed by atoms with Crippen LogP contribution in [-0.2, 0) is 9.53 Å². The molecule has 0 aliphatic rings. The van der Waals surface area contributed by atoms with Crippen LogP contribution in [0.4, 0.5) is 0 Å². The maximum atomic E-state index is 12.0. The summed E-state index contributed by atoms with van der Waals surface area (Å²) in [6.07, 6.45) is 0. The van der Waals surface area contributed by atoms with Gasteiger partial charge in [-0.15, -0.1) is 0 Å². The molecule has 5 nitrogen and oxygen atoms in total. The van der Waals surface area contributed by atoms with E-state index in [1.165, 1.54) is 0 Å². The van der Waals surface area contributed by atoms with Crippen LogP contribution in [0.5, 0.6) is 0 Å². The molecule has 0 saturated heterocycles. The molecule has 0 saturated carbocycles. The Hall–Kier alpha value is -2.14. The molecule has 0 bridgehead atoms. The molecular formula is C16H22N2O3. The van der Waals surface area contributed by atoms with Crippen LogP contribution >= 0.6 is 0 Å². The van der Waals surface area contributed by atoms with Gasteiger partial charge in [-0.25, -0.2) is 5.43 Å². The molecular weight excluding hydrogens is 268 g/mol. The van der Waals surface area contributed by atoms with Gasteiger partial charge < -0.3 is 4.74 Å². The number of ether oxygens (including phenoxy) is 1. The molecule has 21 heavy (non-hydrogen) atoms. The van der Waals surface area contributed by atoms with Crippen molar-refractivity contribution in [3.63, 3.8) is 0 Å². The zero-order valence-corrected chi connectivity index (χ0v) is 12.7. The second kappa shape index (κ2) is 8.21. The van der Waals surface area contributed by atoms with E-state index in [9.17, 15) is 9.59 Å². The Labute approximate surface area is 125 Å². The summed E-state index contributed by atoms with van der Waals surface area (Å²) in [7, 11) is 0. The third-order valence-corrected chi connectivity index (χ3v) is 3.20. The van der Waals surface area contributed by atoms with Gasteiger partial charge in [0.05, 0.1) is 6.61 Å². The third-order valence-electron chi connectivity index (χ3n) is 3.20. The van der Waals surface area contributed by atoms with Gasteiger partial charge in [-0.2, -0.15) is 0 Å². The van der Waals surface area contributed by atoms with Gasteiger partial charge in [0.1, 0.15) is 6.04 Å². The number of carbonyl (C=O) groups excluding carboxylic acids is 2. The van der Waals surface area contributed by atoms with E-state index in [0.29, 0.717) is 5.56 Å². The number of hydrazine groups is 1. The minimum Gasteiger partial charge on any atom is -0.465 e. The monoisotopic (exact) mass is 290 g/mol. The molecule has 1 aromatic rings. The molecule has 1 rings (SSSR count). The molecule has 0 spiro atoms. The third kappa shape index (κ3) is 5.04. The number of amides is 1. The molecule has 0 aliphatic heterocycles. The number of hydrogen-bond acceptors (Lipinski definition) is 4. The standard InChI is InChI=1S/C16H22N2O3/c1-5-21-16(20)14(12(4)11(2)3)17-18-15(19)13-9-7-6-8-10-13/h6-10,12,14,17H,2,5H2,1,3-4H3,(H,18,19)/t12-,14+/m1/s1. The highest BCUT2D eigenvalue weighted by atomic mass is 16.5. The quantitative estimate of drug-likeness (QED) is 0.458. The molecule has 2 atom stereocenters. The predicted molar refractivity (Wildman–Crippen MR) is 81.4 cm³/mol. The van der Waals surface area contributed by atoms with E-state index in [0.717, 1.165) is 5.57 Å². The molecule has 0 unspecified atom stereocenters. The van der Waals surface area contributed by atoms with E-state index >= 15 is 0 Å². The van der Waals surface area contributed by atoms with Crippen LogP contribution < -0.4 is 10.9 Å². The average molecular weight is 290 g/mol. The second-order valence-electron chi connectivity index (χ2n) is 4.83. The Morgan fingerprint density at radius 1 is 1.29 bits per heavy atom. The van der Waals surface area contributed by atoms with Crippen molar-refractivity contribution in [2.45, 2.75) is 26.8 Å². The minimum atomic E-state index is -0.671. The fourth-order valence-corrected chi connectivity index (χ4v) is 1.71. The molecule has 0 aromatic heterocycles. The van der Waals surface area contributed by atoms with Crippen LogP contribution in [0, 0.1) is 5.92 Å². The summed E-state index contributed by atoms with van der Waals surface area (Å²) >= 11 is 0. The van der Waals surface area contributed by atoms with Gasteiger partial charge in [0, 0.05) is 11.5 Å². The van der Waals surface area contributed by atoms with Crippen molar-refractivity contribution in [2.75, 3.05) is 6.61 Å². The first-order chi connectivity index (χ1) is 9.97. The summed E-state index contributed by atoms with van der Waals surface area (Å²) in [5.74, 6) is -0.889. The second-order valence-corrected chi connectivity index (χ2v) is 4.83. The van der Waals surface area contributed by atoms with E-state index in [4.69, 9.17) is 4.74 Å². The highest BCUT2D eigenvalue weighted by Gasteiger charge is 2.27. The van der Waals surface area contributed by atoms with Crippen molar-refractivity contribution >= 4 is 11.9 Å². The summed E-state index contributed by atoms with van der Waals surface area (Å²) in [6, 6.07) is 8.09. The normalized spacial score (nSPS) is 13.1. The van der Waals surface area contributed by atoms with E-state index in [1.54, 1.807) is 31.2 Å². The zero-order chi connectivity index (χ0) is 15.8. The van der Waals surface area contributed by atoms with Crippen LogP contribution in [0.15, 0.2) is 42.5 Å². The van der Waals surface area contributed by atoms with Crippen LogP contribution in [-0.4, -0.2) is 24.5 Å². The van der Waals surface area contributed by atoms with E-state index < -0.39 is 12.0 Å². The lowest BCUT2D eigenvalue weighted by Gasteiger charge is -2.24. The van der Waals surface area contributed by atoms with Crippen molar-refractivity contribution in [1.82, 2.24) is 10.9 Å². The van der Waals surface area contributed by atoms with Crippen LogP contribution in [0.25, 0.3) is 0 Å². The smallest absolute Gasteiger partial charge is 0.325 e. The fourth-order valence-electron chi connectivity index (χ4n) is 1.71. The van der Waals surface area contributed by atoms with Crippen LogP contribution in [0.1, 0.15) is 31.1 Å². The Kier molecular flexibility index (Phi) is 6.62. The van der Waals surface area contributed by atoms with Gasteiger partial charge in [0.25, 0.3) is 5.91 Å². The number of rotatable bonds is 7. The molecule has 0 heterocycles. The SMILES string of the molecule is C=C(C)[C@@H](C)[C@H](NNC(=O)c1ccccc1)C(=O)OCC. The van der Waals surface area contributed by atoms with Gasteiger partial charge in [-0.05, 0) is 26.0 Å². The molecule has 1 aromatic carbocycles. The van der Waals surface area contributed by atoms with Crippen molar-refractivity contribution < 1.29 is 14.3 Å². The summed E-state index contributed by atoms with van der Waals surface area (Å²) in [4.78, 5) is 23.9.